The van der Waals surface area contributed by atoms with Crippen LogP contribution in [0.25, 0.3) is 0 Å². The van der Waals surface area contributed by atoms with Gasteiger partial charge in [0.1, 0.15) is 0 Å². The van der Waals surface area contributed by atoms with Gasteiger partial charge in [0.25, 0.3) is 0 Å². The number of hydrogen-bond donors (Lipinski definition) is 0. The highest BCUT2D eigenvalue weighted by Gasteiger charge is 2.46. The molecular formula is C20H32N2O2. The topological polar surface area (TPSA) is 40.6 Å². The van der Waals surface area contributed by atoms with Gasteiger partial charge in [-0.15, -0.1) is 0 Å². The molecular weight excluding hydrogens is 300 g/mol. The van der Waals surface area contributed by atoms with E-state index in [1.807, 2.05) is 0 Å². The number of likely N-dealkylation sites (tertiary alicyclic amines) is 2. The third kappa shape index (κ3) is 3.34. The highest BCUT2D eigenvalue weighted by Crippen LogP contribution is 2.43. The summed E-state index contributed by atoms with van der Waals surface area (Å²) in [7, 11) is 0. The fraction of sp³-hybridized carbons (Fsp3) is 0.900. The minimum Gasteiger partial charge on any atom is -0.342 e. The van der Waals surface area contributed by atoms with E-state index in [1.165, 1.54) is 25.7 Å². The molecule has 0 aromatic carbocycles. The molecule has 0 unspecified atom stereocenters. The summed E-state index contributed by atoms with van der Waals surface area (Å²) in [6.45, 7) is 5.98. The molecule has 4 rings (SSSR count). The lowest BCUT2D eigenvalue weighted by molar-refractivity contribution is -0.139. The van der Waals surface area contributed by atoms with Gasteiger partial charge in [-0.25, -0.2) is 0 Å². The highest BCUT2D eigenvalue weighted by molar-refractivity contribution is 5.80. The zero-order chi connectivity index (χ0) is 16.7. The maximum absolute atomic E-state index is 12.8. The Morgan fingerprint density at radius 2 is 1.75 bits per heavy atom. The number of carbonyl (C=O) groups is 2. The predicted molar refractivity (Wildman–Crippen MR) is 93.3 cm³/mol. The Hall–Kier alpha value is -1.06. The van der Waals surface area contributed by atoms with E-state index in [1.54, 1.807) is 0 Å². The van der Waals surface area contributed by atoms with Crippen molar-refractivity contribution >= 4 is 11.8 Å². The summed E-state index contributed by atoms with van der Waals surface area (Å²) in [5, 5.41) is 0. The lowest BCUT2D eigenvalue weighted by atomic mass is 9.76. The summed E-state index contributed by atoms with van der Waals surface area (Å²) < 4.78 is 0. The number of rotatable bonds is 3. The van der Waals surface area contributed by atoms with Crippen molar-refractivity contribution in [3.8, 4) is 0 Å². The monoisotopic (exact) mass is 332 g/mol. The van der Waals surface area contributed by atoms with E-state index < -0.39 is 0 Å². The van der Waals surface area contributed by atoms with Crippen LogP contribution in [0.1, 0.15) is 64.7 Å². The van der Waals surface area contributed by atoms with E-state index >= 15 is 0 Å². The molecule has 4 nitrogen and oxygen atoms in total. The second kappa shape index (κ2) is 6.34. The molecule has 4 heteroatoms. The van der Waals surface area contributed by atoms with Gasteiger partial charge in [-0.05, 0) is 63.2 Å². The molecule has 2 saturated carbocycles. The van der Waals surface area contributed by atoms with Crippen LogP contribution in [0, 0.1) is 23.2 Å². The number of carbonyl (C=O) groups excluding carboxylic acids is 2. The zero-order valence-corrected chi connectivity index (χ0v) is 15.1. The molecule has 2 aliphatic carbocycles. The normalized spacial score (nSPS) is 33.3. The summed E-state index contributed by atoms with van der Waals surface area (Å²) in [5.41, 5.74) is 0.170. The van der Waals surface area contributed by atoms with Gasteiger partial charge in [-0.3, -0.25) is 9.59 Å². The van der Waals surface area contributed by atoms with E-state index in [0.717, 1.165) is 70.1 Å². The highest BCUT2D eigenvalue weighted by atomic mass is 16.2. The minimum absolute atomic E-state index is 0.170. The first kappa shape index (κ1) is 16.4. The van der Waals surface area contributed by atoms with Crippen LogP contribution in [0.15, 0.2) is 0 Å². The summed E-state index contributed by atoms with van der Waals surface area (Å²) in [4.78, 5) is 29.4. The van der Waals surface area contributed by atoms with Crippen molar-refractivity contribution in [1.82, 2.24) is 9.80 Å². The van der Waals surface area contributed by atoms with Gasteiger partial charge in [0.05, 0.1) is 0 Å². The zero-order valence-electron chi connectivity index (χ0n) is 15.1. The Labute approximate surface area is 145 Å². The van der Waals surface area contributed by atoms with Crippen molar-refractivity contribution in [2.24, 2.45) is 23.2 Å². The van der Waals surface area contributed by atoms with E-state index in [-0.39, 0.29) is 11.3 Å². The molecule has 4 fully saturated rings. The van der Waals surface area contributed by atoms with Crippen LogP contribution in [0.5, 0.6) is 0 Å². The molecule has 1 spiro atoms. The Kier molecular flexibility index (Phi) is 4.34. The van der Waals surface area contributed by atoms with Crippen LogP contribution < -0.4 is 0 Å². The Morgan fingerprint density at radius 1 is 1.08 bits per heavy atom. The Morgan fingerprint density at radius 3 is 2.38 bits per heavy atom. The van der Waals surface area contributed by atoms with Gasteiger partial charge in [-0.2, -0.15) is 0 Å². The molecule has 0 aromatic heterocycles. The summed E-state index contributed by atoms with van der Waals surface area (Å²) in [6, 6.07) is 0. The van der Waals surface area contributed by atoms with Gasteiger partial charge >= 0.3 is 0 Å². The van der Waals surface area contributed by atoms with Gasteiger partial charge in [0, 0.05) is 43.9 Å². The first-order valence-corrected chi connectivity index (χ1v) is 10.1. The Bertz CT molecular complexity index is 498. The number of hydrogen-bond acceptors (Lipinski definition) is 2. The maximum Gasteiger partial charge on any atom is 0.225 e. The largest absolute Gasteiger partial charge is 0.342 e. The van der Waals surface area contributed by atoms with Gasteiger partial charge in [-0.1, -0.05) is 6.92 Å². The number of amides is 2. The fourth-order valence-corrected chi connectivity index (χ4v) is 5.06. The molecule has 2 aliphatic heterocycles. The van der Waals surface area contributed by atoms with Crippen LogP contribution in [-0.2, 0) is 9.59 Å². The molecule has 0 bridgehead atoms. The Balaban J connectivity index is 1.30. The van der Waals surface area contributed by atoms with Crippen molar-refractivity contribution in [3.63, 3.8) is 0 Å². The molecule has 0 radical (unpaired) electrons. The fourth-order valence-electron chi connectivity index (χ4n) is 5.06. The van der Waals surface area contributed by atoms with Crippen LogP contribution >= 0.6 is 0 Å². The number of piperidine rings is 1. The first-order valence-electron chi connectivity index (χ1n) is 10.1. The van der Waals surface area contributed by atoms with E-state index in [4.69, 9.17) is 0 Å². The standard InChI is InChI=1S/C20H32N2O2/c1-15-2-6-17(7-3-15)19(24)21-10-8-20(9-11-21)12-18(23)22(14-20)13-16-4-5-16/h15-17H,2-14H2,1H3. The predicted octanol–water partition coefficient (Wildman–Crippen LogP) is 3.06. The average molecular weight is 332 g/mol. The van der Waals surface area contributed by atoms with Crippen molar-refractivity contribution < 1.29 is 9.59 Å². The molecule has 2 heterocycles. The van der Waals surface area contributed by atoms with Crippen molar-refractivity contribution in [2.45, 2.75) is 64.7 Å². The molecule has 2 amide bonds. The van der Waals surface area contributed by atoms with Crippen LogP contribution in [0.3, 0.4) is 0 Å². The van der Waals surface area contributed by atoms with Gasteiger partial charge in [0.2, 0.25) is 11.8 Å². The van der Waals surface area contributed by atoms with E-state index in [2.05, 4.69) is 16.7 Å². The summed E-state index contributed by atoms with van der Waals surface area (Å²) in [5.74, 6) is 2.60. The SMILES string of the molecule is CC1CCC(C(=O)N2CCC3(CC2)CC(=O)N(CC2CC2)C3)CC1. The molecule has 2 saturated heterocycles. The van der Waals surface area contributed by atoms with E-state index in [9.17, 15) is 9.59 Å². The molecule has 4 aliphatic rings. The van der Waals surface area contributed by atoms with Crippen molar-refractivity contribution in [3.05, 3.63) is 0 Å². The van der Waals surface area contributed by atoms with Crippen LogP contribution in [-0.4, -0.2) is 47.8 Å². The second-order valence-corrected chi connectivity index (χ2v) is 9.18. The van der Waals surface area contributed by atoms with Gasteiger partial charge in [0.15, 0.2) is 0 Å². The molecule has 0 N–H and O–H groups in total. The summed E-state index contributed by atoms with van der Waals surface area (Å²) >= 11 is 0. The second-order valence-electron chi connectivity index (χ2n) is 9.18. The smallest absolute Gasteiger partial charge is 0.225 e. The van der Waals surface area contributed by atoms with E-state index in [0.29, 0.717) is 11.8 Å². The first-order chi connectivity index (χ1) is 11.5. The minimum atomic E-state index is 0.170. The molecule has 24 heavy (non-hydrogen) atoms. The van der Waals surface area contributed by atoms with Crippen LogP contribution in [0.4, 0.5) is 0 Å². The molecule has 134 valence electrons. The lowest BCUT2D eigenvalue weighted by Gasteiger charge is -2.40. The lowest BCUT2D eigenvalue weighted by Crippen LogP contribution is -2.46. The van der Waals surface area contributed by atoms with Crippen molar-refractivity contribution in [1.29, 1.82) is 0 Å². The number of nitrogens with zero attached hydrogens (tertiary/aromatic N) is 2. The van der Waals surface area contributed by atoms with Crippen molar-refractivity contribution in [2.75, 3.05) is 26.2 Å². The van der Waals surface area contributed by atoms with Gasteiger partial charge < -0.3 is 9.80 Å². The third-order valence-electron chi connectivity index (χ3n) is 7.08. The maximum atomic E-state index is 12.8. The van der Waals surface area contributed by atoms with Crippen LogP contribution in [0.2, 0.25) is 0 Å². The summed E-state index contributed by atoms with van der Waals surface area (Å²) in [6.07, 6.45) is 9.95. The molecule has 0 atom stereocenters. The third-order valence-corrected chi connectivity index (χ3v) is 7.08. The quantitative estimate of drug-likeness (QED) is 0.797. The molecule has 0 aromatic rings. The average Bonchev–Trinajstić information content (AvgIpc) is 3.34.